The van der Waals surface area contributed by atoms with Gasteiger partial charge < -0.3 is 20.7 Å². The molecular weight excluding hydrogens is 326 g/mol. The van der Waals surface area contributed by atoms with Gasteiger partial charge in [0, 0.05) is 30.9 Å². The van der Waals surface area contributed by atoms with Crippen LogP contribution in [0.1, 0.15) is 22.0 Å². The van der Waals surface area contributed by atoms with Gasteiger partial charge in [-0.1, -0.05) is 29.8 Å². The second kappa shape index (κ2) is 7.11. The van der Waals surface area contributed by atoms with Crippen molar-refractivity contribution in [3.05, 3.63) is 58.6 Å². The molecule has 126 valence electrons. The predicted molar refractivity (Wildman–Crippen MR) is 95.5 cm³/mol. The van der Waals surface area contributed by atoms with E-state index in [9.17, 15) is 4.79 Å². The Morgan fingerprint density at radius 2 is 2.12 bits per heavy atom. The van der Waals surface area contributed by atoms with Gasteiger partial charge in [-0.05, 0) is 24.3 Å². The molecule has 1 aliphatic heterocycles. The van der Waals surface area contributed by atoms with E-state index in [1.54, 1.807) is 25.3 Å². The molecule has 0 saturated carbocycles. The molecule has 2 aromatic carbocycles. The molecule has 3 N–H and O–H groups in total. The van der Waals surface area contributed by atoms with Crippen LogP contribution >= 0.6 is 11.6 Å². The van der Waals surface area contributed by atoms with E-state index in [0.717, 1.165) is 17.9 Å². The molecule has 6 heteroatoms. The van der Waals surface area contributed by atoms with Crippen LogP contribution in [0.25, 0.3) is 0 Å². The number of anilines is 1. The highest BCUT2D eigenvalue weighted by Gasteiger charge is 2.31. The molecule has 1 atom stereocenters. The molecule has 0 aromatic heterocycles. The normalized spacial score (nSPS) is 17.6. The van der Waals surface area contributed by atoms with Crippen molar-refractivity contribution in [2.45, 2.75) is 6.04 Å². The summed E-state index contributed by atoms with van der Waals surface area (Å²) in [6, 6.07) is 12.6. The lowest BCUT2D eigenvalue weighted by Gasteiger charge is -2.37. The number of carbonyl (C=O) groups excluding carboxylic acids is 1. The molecule has 1 aliphatic rings. The summed E-state index contributed by atoms with van der Waals surface area (Å²) < 4.78 is 5.46. The Kier molecular flexibility index (Phi) is 4.92. The fraction of sp³-hybridized carbons (Fsp3) is 0.278. The molecule has 0 aliphatic carbocycles. The van der Waals surface area contributed by atoms with Crippen molar-refractivity contribution in [2.75, 3.05) is 32.5 Å². The van der Waals surface area contributed by atoms with Crippen molar-refractivity contribution >= 4 is 23.2 Å². The zero-order valence-electron chi connectivity index (χ0n) is 13.5. The minimum atomic E-state index is -0.115. The van der Waals surface area contributed by atoms with Gasteiger partial charge >= 0.3 is 0 Å². The van der Waals surface area contributed by atoms with E-state index >= 15 is 0 Å². The molecule has 1 fully saturated rings. The lowest BCUT2D eigenvalue weighted by atomic mass is 10.0. The zero-order valence-corrected chi connectivity index (χ0v) is 14.2. The fourth-order valence-corrected chi connectivity index (χ4v) is 3.30. The highest BCUT2D eigenvalue weighted by Crippen LogP contribution is 2.32. The van der Waals surface area contributed by atoms with E-state index in [0.29, 0.717) is 29.4 Å². The number of rotatable bonds is 3. The molecule has 0 bridgehead atoms. The van der Waals surface area contributed by atoms with Crippen molar-refractivity contribution in [1.82, 2.24) is 10.2 Å². The van der Waals surface area contributed by atoms with Gasteiger partial charge in [-0.3, -0.25) is 4.79 Å². The first-order chi connectivity index (χ1) is 11.6. The Balaban J connectivity index is 1.96. The number of amides is 1. The number of nitrogens with zero attached hydrogens (tertiary/aromatic N) is 1. The Hall–Kier alpha value is -2.24. The van der Waals surface area contributed by atoms with Crippen LogP contribution in [0.2, 0.25) is 5.02 Å². The average molecular weight is 346 g/mol. The highest BCUT2D eigenvalue weighted by molar-refractivity contribution is 6.34. The number of methoxy groups -OCH3 is 1. The van der Waals surface area contributed by atoms with Crippen molar-refractivity contribution < 1.29 is 9.53 Å². The Morgan fingerprint density at radius 1 is 1.33 bits per heavy atom. The highest BCUT2D eigenvalue weighted by atomic mass is 35.5. The van der Waals surface area contributed by atoms with Crippen molar-refractivity contribution in [1.29, 1.82) is 0 Å². The summed E-state index contributed by atoms with van der Waals surface area (Å²) in [4.78, 5) is 14.9. The molecule has 1 amide bonds. The zero-order chi connectivity index (χ0) is 17.1. The number of piperazine rings is 1. The van der Waals surface area contributed by atoms with Crippen LogP contribution in [0.3, 0.4) is 0 Å². The molecule has 24 heavy (non-hydrogen) atoms. The van der Waals surface area contributed by atoms with Crippen LogP contribution in [0.5, 0.6) is 5.75 Å². The number of nitrogen functional groups attached to an aromatic ring is 1. The first-order valence-electron chi connectivity index (χ1n) is 7.81. The summed E-state index contributed by atoms with van der Waals surface area (Å²) in [6.45, 7) is 2.00. The molecule has 3 rings (SSSR count). The average Bonchev–Trinajstić information content (AvgIpc) is 2.61. The minimum Gasteiger partial charge on any atom is -0.496 e. The van der Waals surface area contributed by atoms with Crippen LogP contribution < -0.4 is 15.8 Å². The van der Waals surface area contributed by atoms with Crippen molar-refractivity contribution in [2.24, 2.45) is 0 Å². The minimum absolute atomic E-state index is 0.0996. The first-order valence-corrected chi connectivity index (χ1v) is 8.19. The van der Waals surface area contributed by atoms with E-state index in [1.165, 1.54) is 0 Å². The largest absolute Gasteiger partial charge is 0.496 e. The van der Waals surface area contributed by atoms with Crippen LogP contribution in [0.4, 0.5) is 5.69 Å². The maximum absolute atomic E-state index is 13.0. The third-order valence-electron chi connectivity index (χ3n) is 4.23. The van der Waals surface area contributed by atoms with Crippen LogP contribution in [0.15, 0.2) is 42.5 Å². The maximum Gasteiger partial charge on any atom is 0.255 e. The molecular formula is C18H20ClN3O2. The van der Waals surface area contributed by atoms with Gasteiger partial charge in [-0.15, -0.1) is 0 Å². The van der Waals surface area contributed by atoms with Gasteiger partial charge in [0.15, 0.2) is 0 Å². The second-order valence-electron chi connectivity index (χ2n) is 5.70. The van der Waals surface area contributed by atoms with Gasteiger partial charge in [-0.2, -0.15) is 0 Å². The summed E-state index contributed by atoms with van der Waals surface area (Å²) >= 11 is 6.23. The lowest BCUT2D eigenvalue weighted by Crippen LogP contribution is -2.48. The predicted octanol–water partition coefficient (Wildman–Crippen LogP) is 2.72. The van der Waals surface area contributed by atoms with Crippen LogP contribution in [-0.2, 0) is 0 Å². The summed E-state index contributed by atoms with van der Waals surface area (Å²) in [5.41, 5.74) is 7.71. The van der Waals surface area contributed by atoms with E-state index in [1.807, 2.05) is 29.2 Å². The van der Waals surface area contributed by atoms with Crippen LogP contribution in [-0.4, -0.2) is 37.6 Å². The quantitative estimate of drug-likeness (QED) is 0.839. The number of nitrogens with two attached hydrogens (primary N) is 1. The summed E-state index contributed by atoms with van der Waals surface area (Å²) in [7, 11) is 1.64. The Morgan fingerprint density at radius 3 is 2.88 bits per heavy atom. The molecule has 0 spiro atoms. The van der Waals surface area contributed by atoms with Crippen molar-refractivity contribution in [3.8, 4) is 5.75 Å². The van der Waals surface area contributed by atoms with Crippen molar-refractivity contribution in [3.63, 3.8) is 0 Å². The number of ether oxygens (including phenoxy) is 1. The summed E-state index contributed by atoms with van der Waals surface area (Å²) in [6.07, 6.45) is 0. The van der Waals surface area contributed by atoms with E-state index < -0.39 is 0 Å². The monoisotopic (exact) mass is 345 g/mol. The third kappa shape index (κ3) is 3.18. The molecule has 1 unspecified atom stereocenters. The molecule has 1 heterocycles. The maximum atomic E-state index is 13.0. The number of halogens is 1. The Bertz CT molecular complexity index is 751. The number of carbonyl (C=O) groups is 1. The number of nitrogens with one attached hydrogen (secondary N) is 1. The van der Waals surface area contributed by atoms with Crippen LogP contribution in [0, 0.1) is 0 Å². The van der Waals surface area contributed by atoms with Gasteiger partial charge in [0.05, 0.1) is 23.7 Å². The number of para-hydroxylation sites is 1. The molecule has 1 saturated heterocycles. The van der Waals surface area contributed by atoms with E-state index in [4.69, 9.17) is 22.1 Å². The smallest absolute Gasteiger partial charge is 0.255 e. The number of benzene rings is 2. The van der Waals surface area contributed by atoms with Gasteiger partial charge in [0.2, 0.25) is 0 Å². The lowest BCUT2D eigenvalue weighted by molar-refractivity contribution is 0.0632. The van der Waals surface area contributed by atoms with Gasteiger partial charge in [-0.25, -0.2) is 0 Å². The van der Waals surface area contributed by atoms with Gasteiger partial charge in [0.25, 0.3) is 5.91 Å². The number of hydrogen-bond donors (Lipinski definition) is 2. The number of hydrogen-bond acceptors (Lipinski definition) is 4. The SMILES string of the molecule is COc1ccccc1C1CNCCN1C(=O)c1ccc(N)cc1Cl. The third-order valence-corrected chi connectivity index (χ3v) is 4.54. The Labute approximate surface area is 146 Å². The molecule has 2 aromatic rings. The standard InChI is InChI=1S/C18H20ClN3O2/c1-24-17-5-3-2-4-14(17)16-11-21-8-9-22(16)18(23)13-7-6-12(20)10-15(13)19/h2-7,10,16,21H,8-9,11,20H2,1H3. The fourth-order valence-electron chi connectivity index (χ4n) is 3.03. The second-order valence-corrected chi connectivity index (χ2v) is 6.11. The topological polar surface area (TPSA) is 67.6 Å². The van der Waals surface area contributed by atoms with Gasteiger partial charge in [0.1, 0.15) is 5.75 Å². The summed E-state index contributed by atoms with van der Waals surface area (Å²) in [5, 5.41) is 3.71. The summed E-state index contributed by atoms with van der Waals surface area (Å²) in [5.74, 6) is 0.671. The van der Waals surface area contributed by atoms with E-state index in [2.05, 4.69) is 5.32 Å². The van der Waals surface area contributed by atoms with E-state index in [-0.39, 0.29) is 11.9 Å². The molecule has 0 radical (unpaired) electrons. The molecule has 5 nitrogen and oxygen atoms in total. The first kappa shape index (κ1) is 16.6.